The molecule has 0 bridgehead atoms. The number of nitrogens with one attached hydrogen (secondary N) is 1. The van der Waals surface area contributed by atoms with E-state index in [9.17, 15) is 0 Å². The van der Waals surface area contributed by atoms with Gasteiger partial charge in [0.2, 0.25) is 0 Å². The summed E-state index contributed by atoms with van der Waals surface area (Å²) in [5.74, 6) is 0. The van der Waals surface area contributed by atoms with Crippen LogP contribution in [-0.2, 0) is 9.47 Å². The smallest absolute Gasteiger partial charge is 0.0826 e. The van der Waals surface area contributed by atoms with Crippen LogP contribution in [0.25, 0.3) is 0 Å². The van der Waals surface area contributed by atoms with Crippen LogP contribution >= 0.6 is 0 Å². The van der Waals surface area contributed by atoms with Gasteiger partial charge < -0.3 is 14.8 Å². The highest BCUT2D eigenvalue weighted by Gasteiger charge is 2.18. The van der Waals surface area contributed by atoms with Gasteiger partial charge in [0.15, 0.2) is 0 Å². The van der Waals surface area contributed by atoms with Gasteiger partial charge >= 0.3 is 0 Å². The number of unbranched alkanes of at least 4 members (excludes halogenated alkanes) is 1. The molecule has 0 amide bonds. The number of rotatable bonds is 8. The average Bonchev–Trinajstić information content (AvgIpc) is 2.30. The van der Waals surface area contributed by atoms with Crippen molar-refractivity contribution >= 4 is 0 Å². The normalized spacial score (nSPS) is 22.5. The van der Waals surface area contributed by atoms with Gasteiger partial charge in [-0.15, -0.1) is 0 Å². The van der Waals surface area contributed by atoms with Crippen LogP contribution in [0.3, 0.4) is 0 Å². The van der Waals surface area contributed by atoms with Crippen molar-refractivity contribution in [3.8, 4) is 0 Å². The standard InChI is InChI=1S/C12H26N2O2/c1-3-4-7-15-8-5-14-6-9-16-12(11-14)10-13-2/h12-13H,3-11H2,1-2H3. The molecule has 0 saturated carbocycles. The highest BCUT2D eigenvalue weighted by Crippen LogP contribution is 2.04. The largest absolute Gasteiger partial charge is 0.380 e. The Kier molecular flexibility index (Phi) is 7.76. The number of nitrogens with zero attached hydrogens (tertiary/aromatic N) is 1. The summed E-state index contributed by atoms with van der Waals surface area (Å²) in [7, 11) is 1.97. The third-order valence-corrected chi connectivity index (χ3v) is 2.85. The topological polar surface area (TPSA) is 33.7 Å². The molecule has 96 valence electrons. The van der Waals surface area contributed by atoms with Crippen molar-refractivity contribution in [3.05, 3.63) is 0 Å². The molecule has 1 rings (SSSR count). The zero-order valence-electron chi connectivity index (χ0n) is 10.7. The van der Waals surface area contributed by atoms with E-state index in [0.717, 1.165) is 46.0 Å². The first-order valence-corrected chi connectivity index (χ1v) is 6.43. The van der Waals surface area contributed by atoms with Crippen LogP contribution in [0.4, 0.5) is 0 Å². The first-order valence-electron chi connectivity index (χ1n) is 6.43. The van der Waals surface area contributed by atoms with Crippen molar-refractivity contribution in [2.75, 3.05) is 53.0 Å². The highest BCUT2D eigenvalue weighted by molar-refractivity contribution is 4.72. The third kappa shape index (κ3) is 5.80. The van der Waals surface area contributed by atoms with E-state index in [0.29, 0.717) is 6.10 Å². The van der Waals surface area contributed by atoms with Crippen LogP contribution in [0.15, 0.2) is 0 Å². The Labute approximate surface area is 99.3 Å². The van der Waals surface area contributed by atoms with Crippen LogP contribution in [0.5, 0.6) is 0 Å². The summed E-state index contributed by atoms with van der Waals surface area (Å²) in [6.45, 7) is 8.83. The summed E-state index contributed by atoms with van der Waals surface area (Å²) < 4.78 is 11.2. The molecule has 1 heterocycles. The van der Waals surface area contributed by atoms with Gasteiger partial charge in [-0.3, -0.25) is 4.90 Å². The second-order valence-corrected chi connectivity index (χ2v) is 4.32. The summed E-state index contributed by atoms with van der Waals surface area (Å²) in [5.41, 5.74) is 0. The first-order chi connectivity index (χ1) is 7.86. The Hall–Kier alpha value is -0.160. The monoisotopic (exact) mass is 230 g/mol. The van der Waals surface area contributed by atoms with E-state index in [-0.39, 0.29) is 0 Å². The van der Waals surface area contributed by atoms with Crippen LogP contribution in [-0.4, -0.2) is 64.1 Å². The van der Waals surface area contributed by atoms with Crippen molar-refractivity contribution in [2.45, 2.75) is 25.9 Å². The Morgan fingerprint density at radius 3 is 3.06 bits per heavy atom. The van der Waals surface area contributed by atoms with E-state index in [4.69, 9.17) is 9.47 Å². The number of hydrogen-bond acceptors (Lipinski definition) is 4. The lowest BCUT2D eigenvalue weighted by Gasteiger charge is -2.32. The van der Waals surface area contributed by atoms with Crippen LogP contribution < -0.4 is 5.32 Å². The van der Waals surface area contributed by atoms with Crippen LogP contribution in [0.2, 0.25) is 0 Å². The highest BCUT2D eigenvalue weighted by atomic mass is 16.5. The molecule has 0 aromatic rings. The lowest BCUT2D eigenvalue weighted by Crippen LogP contribution is -2.47. The van der Waals surface area contributed by atoms with E-state index in [1.165, 1.54) is 12.8 Å². The maximum atomic E-state index is 5.65. The fourth-order valence-electron chi connectivity index (χ4n) is 1.88. The van der Waals surface area contributed by atoms with Gasteiger partial charge in [0.25, 0.3) is 0 Å². The lowest BCUT2D eigenvalue weighted by atomic mass is 10.2. The maximum absolute atomic E-state index is 5.65. The molecule has 16 heavy (non-hydrogen) atoms. The Morgan fingerprint density at radius 1 is 1.44 bits per heavy atom. The van der Waals surface area contributed by atoms with E-state index < -0.39 is 0 Å². The van der Waals surface area contributed by atoms with E-state index in [2.05, 4.69) is 17.1 Å². The van der Waals surface area contributed by atoms with Crippen molar-refractivity contribution in [1.29, 1.82) is 0 Å². The molecule has 1 unspecified atom stereocenters. The Bertz CT molecular complexity index is 165. The molecule has 4 nitrogen and oxygen atoms in total. The fraction of sp³-hybridized carbons (Fsp3) is 1.00. The average molecular weight is 230 g/mol. The lowest BCUT2D eigenvalue weighted by molar-refractivity contribution is -0.0342. The van der Waals surface area contributed by atoms with E-state index >= 15 is 0 Å². The summed E-state index contributed by atoms with van der Waals surface area (Å²) in [6, 6.07) is 0. The molecule has 0 aliphatic carbocycles. The number of morpholine rings is 1. The van der Waals surface area contributed by atoms with Gasteiger partial charge in [-0.2, -0.15) is 0 Å². The van der Waals surface area contributed by atoms with Crippen molar-refractivity contribution in [2.24, 2.45) is 0 Å². The minimum absolute atomic E-state index is 0.342. The van der Waals surface area contributed by atoms with Crippen LogP contribution in [0.1, 0.15) is 19.8 Å². The molecule has 0 aromatic carbocycles. The molecular formula is C12H26N2O2. The zero-order chi connectivity index (χ0) is 11.6. The summed E-state index contributed by atoms with van der Waals surface area (Å²) in [5, 5.41) is 3.16. The molecule has 1 aliphatic rings. The third-order valence-electron chi connectivity index (χ3n) is 2.85. The minimum atomic E-state index is 0.342. The number of hydrogen-bond donors (Lipinski definition) is 1. The maximum Gasteiger partial charge on any atom is 0.0826 e. The number of likely N-dealkylation sites (N-methyl/N-ethyl adjacent to an activating group) is 1. The molecule has 1 N–H and O–H groups in total. The minimum Gasteiger partial charge on any atom is -0.380 e. The molecule has 0 aromatic heterocycles. The summed E-state index contributed by atoms with van der Waals surface area (Å²) >= 11 is 0. The molecular weight excluding hydrogens is 204 g/mol. The van der Waals surface area contributed by atoms with Gasteiger partial charge in [-0.05, 0) is 13.5 Å². The van der Waals surface area contributed by atoms with Gasteiger partial charge in [-0.1, -0.05) is 13.3 Å². The van der Waals surface area contributed by atoms with Crippen LogP contribution in [0, 0.1) is 0 Å². The van der Waals surface area contributed by atoms with Gasteiger partial charge in [0.1, 0.15) is 0 Å². The van der Waals surface area contributed by atoms with Crippen molar-refractivity contribution < 1.29 is 9.47 Å². The Morgan fingerprint density at radius 2 is 2.31 bits per heavy atom. The van der Waals surface area contributed by atoms with E-state index in [1.807, 2.05) is 7.05 Å². The molecule has 4 heteroatoms. The quantitative estimate of drug-likeness (QED) is 0.623. The van der Waals surface area contributed by atoms with Gasteiger partial charge in [-0.25, -0.2) is 0 Å². The molecule has 1 aliphatic heterocycles. The predicted molar refractivity (Wildman–Crippen MR) is 65.8 cm³/mol. The SMILES string of the molecule is CCCCOCCN1CCOC(CNC)C1. The molecule has 1 fully saturated rings. The van der Waals surface area contributed by atoms with E-state index in [1.54, 1.807) is 0 Å². The molecule has 0 spiro atoms. The summed E-state index contributed by atoms with van der Waals surface area (Å²) in [6.07, 6.45) is 2.72. The molecule has 1 saturated heterocycles. The summed E-state index contributed by atoms with van der Waals surface area (Å²) in [4.78, 5) is 2.43. The fourth-order valence-corrected chi connectivity index (χ4v) is 1.88. The van der Waals surface area contributed by atoms with Crippen molar-refractivity contribution in [3.63, 3.8) is 0 Å². The predicted octanol–water partition coefficient (Wildman–Crippen LogP) is 0.723. The first kappa shape index (κ1) is 13.9. The van der Waals surface area contributed by atoms with Gasteiger partial charge in [0.05, 0.1) is 19.3 Å². The van der Waals surface area contributed by atoms with Crippen molar-refractivity contribution in [1.82, 2.24) is 10.2 Å². The second kappa shape index (κ2) is 8.93. The zero-order valence-corrected chi connectivity index (χ0v) is 10.7. The van der Waals surface area contributed by atoms with Gasteiger partial charge in [0, 0.05) is 32.8 Å². The second-order valence-electron chi connectivity index (χ2n) is 4.32. The number of ether oxygens (including phenoxy) is 2. The Balaban J connectivity index is 2.02. The molecule has 0 radical (unpaired) electrons. The molecule has 1 atom stereocenters.